The van der Waals surface area contributed by atoms with Crippen LogP contribution in [0.2, 0.25) is 0 Å². The maximum atomic E-state index is 13.9. The highest BCUT2D eigenvalue weighted by Crippen LogP contribution is 2.28. The van der Waals surface area contributed by atoms with Crippen LogP contribution in [0.3, 0.4) is 0 Å². The van der Waals surface area contributed by atoms with E-state index in [0.717, 1.165) is 34.8 Å². The highest BCUT2D eigenvalue weighted by atomic mass is 32.1. The van der Waals surface area contributed by atoms with Crippen molar-refractivity contribution < 1.29 is 48.0 Å². The Morgan fingerprint density at radius 1 is 0.864 bits per heavy atom. The molecule has 2 aliphatic rings. The Balaban J connectivity index is 1.03. The fourth-order valence-electron chi connectivity index (χ4n) is 7.07. The molecular formula is C42H66N6O10S. The molecule has 1 aromatic heterocycles. The van der Waals surface area contributed by atoms with Crippen LogP contribution in [0.25, 0.3) is 10.4 Å². The van der Waals surface area contributed by atoms with Crippen molar-refractivity contribution >= 4 is 35.0 Å². The molecule has 2 fully saturated rings. The zero-order valence-corrected chi connectivity index (χ0v) is 36.5. The van der Waals surface area contributed by atoms with Crippen molar-refractivity contribution in [3.05, 3.63) is 41.0 Å². The fourth-order valence-corrected chi connectivity index (χ4v) is 7.88. The van der Waals surface area contributed by atoms with Gasteiger partial charge in [0.25, 0.3) is 0 Å². The second-order valence-corrected chi connectivity index (χ2v) is 17.0. The Hall–Kier alpha value is -3.55. The van der Waals surface area contributed by atoms with E-state index in [1.54, 1.807) is 11.3 Å². The molecule has 4 N–H and O–H groups in total. The van der Waals surface area contributed by atoms with Gasteiger partial charge in [-0.1, -0.05) is 45.0 Å². The number of nitrogens with one attached hydrogen (secondary N) is 3. The van der Waals surface area contributed by atoms with Gasteiger partial charge in [0.1, 0.15) is 12.1 Å². The van der Waals surface area contributed by atoms with E-state index >= 15 is 0 Å². The topological polar surface area (TPSA) is 190 Å². The zero-order valence-electron chi connectivity index (χ0n) is 35.7. The molecule has 0 unspecified atom stereocenters. The van der Waals surface area contributed by atoms with Gasteiger partial charge in [-0.25, -0.2) is 4.98 Å². The van der Waals surface area contributed by atoms with Crippen molar-refractivity contribution in [2.24, 2.45) is 5.41 Å². The van der Waals surface area contributed by atoms with Crippen LogP contribution in [-0.4, -0.2) is 159 Å². The van der Waals surface area contributed by atoms with Crippen LogP contribution in [0, 0.1) is 12.3 Å². The molecule has 0 aliphatic carbocycles. The molecule has 4 rings (SSSR count). The Kier molecular flexibility index (Phi) is 20.1. The molecule has 17 heteroatoms. The van der Waals surface area contributed by atoms with Crippen molar-refractivity contribution in [3.8, 4) is 10.4 Å². The number of aliphatic hydroxyl groups is 1. The molecule has 16 nitrogen and oxygen atoms in total. The number of hydrogen-bond donors (Lipinski definition) is 4. The molecule has 2 saturated heterocycles. The van der Waals surface area contributed by atoms with Gasteiger partial charge < -0.3 is 54.5 Å². The number of hydrogen-bond acceptors (Lipinski definition) is 13. The molecule has 1 aromatic carbocycles. The summed E-state index contributed by atoms with van der Waals surface area (Å²) in [7, 11) is 0. The van der Waals surface area contributed by atoms with E-state index < -0.39 is 29.5 Å². The predicted octanol–water partition coefficient (Wildman–Crippen LogP) is 2.30. The van der Waals surface area contributed by atoms with Crippen molar-refractivity contribution in [1.82, 2.24) is 30.7 Å². The largest absolute Gasteiger partial charge is 0.391 e. The maximum absolute atomic E-state index is 13.9. The number of β-amino-alcohol motifs (C(OH)–C–C–N with tert-alkyl or cyclic N) is 1. The van der Waals surface area contributed by atoms with Crippen molar-refractivity contribution in [2.75, 3.05) is 85.7 Å². The van der Waals surface area contributed by atoms with Gasteiger partial charge in [-0.05, 0) is 37.3 Å². The number of piperazine rings is 1. The number of carbonyl (C=O) groups is 4. The monoisotopic (exact) mass is 846 g/mol. The first-order chi connectivity index (χ1) is 28.3. The van der Waals surface area contributed by atoms with Gasteiger partial charge in [0.2, 0.25) is 23.6 Å². The molecule has 5 atom stereocenters. The average Bonchev–Trinajstić information content (AvgIpc) is 3.81. The fraction of sp³-hybridized carbons (Fsp3) is 0.690. The molecule has 4 amide bonds. The second kappa shape index (κ2) is 24.6. The maximum Gasteiger partial charge on any atom is 0.246 e. The number of aliphatic hydroxyl groups excluding tert-OH is 1. The van der Waals surface area contributed by atoms with Gasteiger partial charge in [-0.2, -0.15) is 0 Å². The molecule has 2 aromatic rings. The summed E-state index contributed by atoms with van der Waals surface area (Å²) < 4.78 is 27.7. The van der Waals surface area contributed by atoms with Crippen molar-refractivity contribution in [3.63, 3.8) is 0 Å². The Morgan fingerprint density at radius 3 is 1.93 bits per heavy atom. The predicted molar refractivity (Wildman–Crippen MR) is 224 cm³/mol. The molecule has 330 valence electrons. The summed E-state index contributed by atoms with van der Waals surface area (Å²) in [4.78, 5) is 61.4. The number of aryl methyl sites for hydroxylation is 1. The van der Waals surface area contributed by atoms with Crippen LogP contribution in [0.1, 0.15) is 65.1 Å². The van der Waals surface area contributed by atoms with E-state index in [2.05, 4.69) is 34.8 Å². The van der Waals surface area contributed by atoms with E-state index in [1.165, 1.54) is 4.90 Å². The number of thiazole rings is 1. The summed E-state index contributed by atoms with van der Waals surface area (Å²) in [5, 5.41) is 19.6. The van der Waals surface area contributed by atoms with Gasteiger partial charge >= 0.3 is 0 Å². The first kappa shape index (κ1) is 48.1. The molecular weight excluding hydrogens is 781 g/mol. The van der Waals surface area contributed by atoms with E-state index in [9.17, 15) is 24.3 Å². The lowest BCUT2D eigenvalue weighted by Gasteiger charge is -2.39. The first-order valence-electron chi connectivity index (χ1n) is 20.7. The van der Waals surface area contributed by atoms with Crippen molar-refractivity contribution in [1.29, 1.82) is 0 Å². The summed E-state index contributed by atoms with van der Waals surface area (Å²) in [6.45, 7) is 17.1. The van der Waals surface area contributed by atoms with Gasteiger partial charge in [0.15, 0.2) is 0 Å². The molecule has 0 bridgehead atoms. The van der Waals surface area contributed by atoms with Crippen LogP contribution < -0.4 is 16.0 Å². The standard InChI is InChI=1S/C42H66N6O10S/c1-29-24-43-25-30(2)48(29)37(51)12-14-55-16-18-57-20-22-58-21-19-56-17-15-54-13-11-36(50)46-39(42(4,5)6)41(53)47-27-34(49)23-35(47)40(52)44-26-32-7-9-33(10-8-32)38-31(3)45-28-59-38/h7-10,28-30,34-35,39,43,49H,11-27H2,1-6H3,(H,44,52)(H,46,50)/t29-,30+,34-,35+,39-/m1/s1. The number of carbonyl (C=O) groups excluding carboxylic acids is 4. The molecule has 2 aliphatic heterocycles. The number of aromatic nitrogens is 1. The smallest absolute Gasteiger partial charge is 0.246 e. The lowest BCUT2D eigenvalue weighted by atomic mass is 9.85. The zero-order chi connectivity index (χ0) is 42.8. The normalized spacial score (nSPS) is 20.1. The molecule has 0 spiro atoms. The van der Waals surface area contributed by atoms with Gasteiger partial charge in [0, 0.05) is 51.1 Å². The van der Waals surface area contributed by atoms with Gasteiger partial charge in [-0.15, -0.1) is 11.3 Å². The number of rotatable bonds is 24. The summed E-state index contributed by atoms with van der Waals surface area (Å²) in [6, 6.07) is 6.47. The van der Waals surface area contributed by atoms with E-state index in [-0.39, 0.29) is 69.0 Å². The summed E-state index contributed by atoms with van der Waals surface area (Å²) in [5.74, 6) is -1.01. The summed E-state index contributed by atoms with van der Waals surface area (Å²) >= 11 is 1.57. The average molecular weight is 847 g/mol. The molecule has 3 heterocycles. The number of benzene rings is 1. The molecule has 0 radical (unpaired) electrons. The van der Waals surface area contributed by atoms with Crippen LogP contribution in [-0.2, 0) is 49.4 Å². The second-order valence-electron chi connectivity index (χ2n) is 16.2. The van der Waals surface area contributed by atoms with Crippen LogP contribution in [0.15, 0.2) is 29.8 Å². The third kappa shape index (κ3) is 15.8. The number of amides is 4. The summed E-state index contributed by atoms with van der Waals surface area (Å²) in [6.07, 6.45) is -0.343. The Bertz CT molecular complexity index is 1590. The lowest BCUT2D eigenvalue weighted by molar-refractivity contribution is -0.144. The van der Waals surface area contributed by atoms with E-state index in [0.29, 0.717) is 59.3 Å². The van der Waals surface area contributed by atoms with Crippen molar-refractivity contribution in [2.45, 2.75) is 97.6 Å². The van der Waals surface area contributed by atoms with E-state index in [4.69, 9.17) is 23.7 Å². The minimum absolute atomic E-state index is 0.00147. The van der Waals surface area contributed by atoms with Crippen LogP contribution in [0.4, 0.5) is 0 Å². The Labute approximate surface area is 353 Å². The third-order valence-corrected chi connectivity index (χ3v) is 11.2. The number of ether oxygens (including phenoxy) is 5. The first-order valence-corrected chi connectivity index (χ1v) is 21.6. The third-order valence-electron chi connectivity index (χ3n) is 10.3. The minimum Gasteiger partial charge on any atom is -0.391 e. The number of nitrogens with zero attached hydrogens (tertiary/aromatic N) is 3. The van der Waals surface area contributed by atoms with Crippen LogP contribution in [0.5, 0.6) is 0 Å². The molecule has 59 heavy (non-hydrogen) atoms. The van der Waals surface area contributed by atoms with Gasteiger partial charge in [0.05, 0.1) is 94.7 Å². The van der Waals surface area contributed by atoms with E-state index in [1.807, 2.05) is 62.4 Å². The van der Waals surface area contributed by atoms with Gasteiger partial charge in [-0.3, -0.25) is 19.2 Å². The lowest BCUT2D eigenvalue weighted by Crippen LogP contribution is -2.57. The van der Waals surface area contributed by atoms with Crippen LogP contribution >= 0.6 is 11.3 Å². The SMILES string of the molecule is Cc1ncsc1-c1ccc(CNC(=O)[C@@H]2C[C@@H](O)CN2C(=O)[C@@H](NC(=O)CCOCCOCCOCCOCCOCCC(=O)N2[C@H](C)CNC[C@@H]2C)C(C)(C)C)cc1. The Morgan fingerprint density at radius 2 is 1.41 bits per heavy atom. The number of likely N-dealkylation sites (tertiary alicyclic amines) is 1. The highest BCUT2D eigenvalue weighted by Gasteiger charge is 2.44. The quantitative estimate of drug-likeness (QED) is 0.113. The minimum atomic E-state index is -0.919. The molecule has 0 saturated carbocycles. The highest BCUT2D eigenvalue weighted by molar-refractivity contribution is 7.13. The summed E-state index contributed by atoms with van der Waals surface area (Å²) in [5.41, 5.74) is 4.07.